The third-order valence-electron chi connectivity index (χ3n) is 4.05. The van der Waals surface area contributed by atoms with Crippen LogP contribution >= 0.6 is 34.3 Å². The molecule has 4 rings (SSSR count). The average molecular weight is 435 g/mol. The van der Waals surface area contributed by atoms with Crippen LogP contribution in [-0.4, -0.2) is 15.5 Å². The summed E-state index contributed by atoms with van der Waals surface area (Å²) in [6.07, 6.45) is 1.34. The third-order valence-corrected chi connectivity index (χ3v) is 6.19. The molecule has 0 bridgehead atoms. The van der Waals surface area contributed by atoms with E-state index >= 15 is 0 Å². The van der Waals surface area contributed by atoms with E-state index in [0.29, 0.717) is 15.8 Å². The fraction of sp³-hybridized carbons (Fsp3) is 0.105. The molecule has 0 saturated carbocycles. The summed E-state index contributed by atoms with van der Waals surface area (Å²) in [5.74, 6) is -1.08. The molecule has 3 aromatic heterocycles. The second-order valence-electron chi connectivity index (χ2n) is 5.88. The van der Waals surface area contributed by atoms with Crippen LogP contribution in [0.2, 0.25) is 5.02 Å². The summed E-state index contributed by atoms with van der Waals surface area (Å²) in [4.78, 5) is 30.9. The quantitative estimate of drug-likeness (QED) is 0.426. The van der Waals surface area contributed by atoms with Gasteiger partial charge in [-0.05, 0) is 23.6 Å². The lowest BCUT2D eigenvalue weighted by Crippen LogP contribution is -2.25. The molecule has 0 unspecified atom stereocenters. The van der Waals surface area contributed by atoms with Crippen molar-refractivity contribution < 1.29 is 13.9 Å². The molecular weight excluding hydrogens is 423 g/mol. The number of fused-ring (bicyclic) bond motifs is 1. The van der Waals surface area contributed by atoms with E-state index in [9.17, 15) is 14.0 Å². The fourth-order valence-corrected chi connectivity index (χ4v) is 4.62. The number of carbonyl (C=O) groups is 1. The highest BCUT2D eigenvalue weighted by atomic mass is 35.5. The van der Waals surface area contributed by atoms with Crippen molar-refractivity contribution in [3.8, 4) is 10.4 Å². The third kappa shape index (κ3) is 3.71. The van der Waals surface area contributed by atoms with E-state index in [1.54, 1.807) is 0 Å². The number of hydrogen-bond acceptors (Lipinski definition) is 6. The molecular formula is C19H12ClFN2O3S2. The highest BCUT2D eigenvalue weighted by Crippen LogP contribution is 2.33. The summed E-state index contributed by atoms with van der Waals surface area (Å²) in [5, 5.41) is 4.49. The molecule has 0 N–H and O–H groups in total. The van der Waals surface area contributed by atoms with Gasteiger partial charge in [0.05, 0.1) is 16.7 Å². The second-order valence-corrected chi connectivity index (χ2v) is 8.09. The maximum atomic E-state index is 13.1. The monoisotopic (exact) mass is 434 g/mol. The second kappa shape index (κ2) is 7.83. The van der Waals surface area contributed by atoms with Crippen LogP contribution in [0.1, 0.15) is 5.56 Å². The van der Waals surface area contributed by atoms with Crippen LogP contribution in [-0.2, 0) is 22.7 Å². The summed E-state index contributed by atoms with van der Waals surface area (Å²) in [6.45, 7) is -0.387. The van der Waals surface area contributed by atoms with Gasteiger partial charge in [0.2, 0.25) is 0 Å². The van der Waals surface area contributed by atoms with Gasteiger partial charge in [-0.15, -0.1) is 22.7 Å². The zero-order valence-electron chi connectivity index (χ0n) is 14.2. The van der Waals surface area contributed by atoms with Gasteiger partial charge in [-0.25, -0.2) is 9.37 Å². The van der Waals surface area contributed by atoms with E-state index in [1.165, 1.54) is 45.7 Å². The molecule has 0 atom stereocenters. The molecule has 9 heteroatoms. The van der Waals surface area contributed by atoms with Crippen molar-refractivity contribution in [3.63, 3.8) is 0 Å². The standard InChI is InChI=1S/C19H12ClFN2O3S2/c20-14-6-12(21)4-3-11(14)8-26-16(24)7-23-10-22-18-17(19(23)25)13(9-28-18)15-2-1-5-27-15/h1-6,9-10H,7-8H2. The van der Waals surface area contributed by atoms with E-state index in [-0.39, 0.29) is 23.7 Å². The van der Waals surface area contributed by atoms with Crippen LogP contribution in [0.15, 0.2) is 52.2 Å². The van der Waals surface area contributed by atoms with Gasteiger partial charge in [0.25, 0.3) is 5.56 Å². The Morgan fingerprint density at radius 2 is 2.14 bits per heavy atom. The molecule has 0 amide bonds. The fourth-order valence-electron chi connectivity index (χ4n) is 2.68. The molecule has 0 saturated heterocycles. The lowest BCUT2D eigenvalue weighted by molar-refractivity contribution is -0.145. The molecule has 4 aromatic rings. The lowest BCUT2D eigenvalue weighted by atomic mass is 10.2. The van der Waals surface area contributed by atoms with Crippen LogP contribution in [0.25, 0.3) is 20.7 Å². The smallest absolute Gasteiger partial charge is 0.326 e. The number of hydrogen-bond donors (Lipinski definition) is 0. The van der Waals surface area contributed by atoms with Crippen LogP contribution in [0.3, 0.4) is 0 Å². The molecule has 0 spiro atoms. The van der Waals surface area contributed by atoms with E-state index < -0.39 is 11.8 Å². The maximum absolute atomic E-state index is 13.1. The number of rotatable bonds is 5. The number of ether oxygens (including phenoxy) is 1. The Kier molecular flexibility index (Phi) is 5.25. The predicted octanol–water partition coefficient (Wildman–Crippen LogP) is 4.72. The molecule has 0 aliphatic rings. The SMILES string of the molecule is O=C(Cn1cnc2scc(-c3cccs3)c2c1=O)OCc1ccc(F)cc1Cl. The normalized spacial score (nSPS) is 11.1. The Morgan fingerprint density at radius 3 is 2.89 bits per heavy atom. The van der Waals surface area contributed by atoms with Gasteiger partial charge in [-0.1, -0.05) is 23.7 Å². The summed E-state index contributed by atoms with van der Waals surface area (Å²) in [5.41, 5.74) is 0.995. The number of benzene rings is 1. The Morgan fingerprint density at radius 1 is 1.29 bits per heavy atom. The molecule has 5 nitrogen and oxygen atoms in total. The number of thiophene rings is 2. The van der Waals surface area contributed by atoms with E-state index in [1.807, 2.05) is 22.9 Å². The van der Waals surface area contributed by atoms with Gasteiger partial charge >= 0.3 is 5.97 Å². The van der Waals surface area contributed by atoms with Gasteiger partial charge in [-0.3, -0.25) is 14.2 Å². The van der Waals surface area contributed by atoms with Crippen molar-refractivity contribution in [2.75, 3.05) is 0 Å². The van der Waals surface area contributed by atoms with Crippen LogP contribution in [0.4, 0.5) is 4.39 Å². The maximum Gasteiger partial charge on any atom is 0.326 e. The Bertz CT molecular complexity index is 1220. The van der Waals surface area contributed by atoms with E-state index in [4.69, 9.17) is 16.3 Å². The first-order valence-corrected chi connectivity index (χ1v) is 10.3. The van der Waals surface area contributed by atoms with Crippen molar-refractivity contribution in [2.45, 2.75) is 13.2 Å². The van der Waals surface area contributed by atoms with Gasteiger partial charge in [-0.2, -0.15) is 0 Å². The zero-order valence-corrected chi connectivity index (χ0v) is 16.6. The van der Waals surface area contributed by atoms with Crippen molar-refractivity contribution in [2.24, 2.45) is 0 Å². The van der Waals surface area contributed by atoms with Crippen LogP contribution in [0.5, 0.6) is 0 Å². The highest BCUT2D eigenvalue weighted by molar-refractivity contribution is 7.18. The van der Waals surface area contributed by atoms with Crippen molar-refractivity contribution in [3.05, 3.63) is 74.2 Å². The molecule has 0 aliphatic carbocycles. The average Bonchev–Trinajstić information content (AvgIpc) is 3.33. The molecule has 0 radical (unpaired) electrons. The largest absolute Gasteiger partial charge is 0.459 e. The Labute approximate surface area is 171 Å². The number of aromatic nitrogens is 2. The topological polar surface area (TPSA) is 61.2 Å². The zero-order chi connectivity index (χ0) is 19.7. The number of halogens is 2. The first-order valence-electron chi connectivity index (χ1n) is 8.13. The van der Waals surface area contributed by atoms with Gasteiger partial charge in [0.1, 0.15) is 23.8 Å². The number of nitrogens with zero attached hydrogens (tertiary/aromatic N) is 2. The summed E-state index contributed by atoms with van der Waals surface area (Å²) >= 11 is 8.84. The molecule has 1 aromatic carbocycles. The minimum Gasteiger partial charge on any atom is -0.459 e. The molecule has 0 fully saturated rings. The summed E-state index contributed by atoms with van der Waals surface area (Å²) in [7, 11) is 0. The van der Waals surface area contributed by atoms with E-state index in [2.05, 4.69) is 4.98 Å². The highest BCUT2D eigenvalue weighted by Gasteiger charge is 2.16. The number of carbonyl (C=O) groups excluding carboxylic acids is 1. The molecule has 28 heavy (non-hydrogen) atoms. The molecule has 142 valence electrons. The van der Waals surface area contributed by atoms with Gasteiger partial charge in [0, 0.05) is 21.4 Å². The van der Waals surface area contributed by atoms with Crippen LogP contribution in [0, 0.1) is 5.82 Å². The summed E-state index contributed by atoms with van der Waals surface area (Å²) < 4.78 is 19.5. The first-order chi connectivity index (χ1) is 13.5. The van der Waals surface area contributed by atoms with Crippen molar-refractivity contribution in [1.29, 1.82) is 0 Å². The molecule has 3 heterocycles. The van der Waals surface area contributed by atoms with Gasteiger partial charge in [0.15, 0.2) is 0 Å². The lowest BCUT2D eigenvalue weighted by Gasteiger charge is -2.08. The minimum absolute atomic E-state index is 0.110. The molecule has 0 aliphatic heterocycles. The first kappa shape index (κ1) is 18.8. The van der Waals surface area contributed by atoms with Gasteiger partial charge < -0.3 is 4.74 Å². The summed E-state index contributed by atoms with van der Waals surface area (Å²) in [6, 6.07) is 7.68. The van der Waals surface area contributed by atoms with Crippen LogP contribution < -0.4 is 5.56 Å². The van der Waals surface area contributed by atoms with Crippen molar-refractivity contribution in [1.82, 2.24) is 9.55 Å². The number of esters is 1. The Hall–Kier alpha value is -2.55. The minimum atomic E-state index is -0.614. The van der Waals surface area contributed by atoms with E-state index in [0.717, 1.165) is 16.5 Å². The van der Waals surface area contributed by atoms with Crippen molar-refractivity contribution >= 4 is 50.5 Å². The predicted molar refractivity (Wildman–Crippen MR) is 108 cm³/mol. The Balaban J connectivity index is 1.54.